The molecule has 2 aliphatic rings. The lowest BCUT2D eigenvalue weighted by atomic mass is 9.70. The SMILES string of the molecule is CC1(C)[C@H]2CC[C@@]1(C)C(=O)[C@@H]2COC(=O)c1ccc([N+](=O)[O-])cc1. The quantitative estimate of drug-likeness (QED) is 0.479. The molecule has 1 aromatic rings. The number of nitrogens with zero attached hydrogens (tertiary/aromatic N) is 1. The molecule has 0 radical (unpaired) electrons. The first-order chi connectivity index (χ1) is 11.2. The van der Waals surface area contributed by atoms with Crippen LogP contribution in [-0.2, 0) is 9.53 Å². The van der Waals surface area contributed by atoms with Gasteiger partial charge in [-0.15, -0.1) is 0 Å². The number of ether oxygens (including phenoxy) is 1. The number of fused-ring (bicyclic) bond motifs is 2. The van der Waals surface area contributed by atoms with Crippen LogP contribution in [0.4, 0.5) is 5.69 Å². The number of hydrogen-bond acceptors (Lipinski definition) is 5. The second-order valence-electron chi connectivity index (χ2n) is 7.57. The minimum absolute atomic E-state index is 0.0749. The molecule has 2 fully saturated rings. The number of benzene rings is 1. The van der Waals surface area contributed by atoms with E-state index >= 15 is 0 Å². The molecule has 0 aliphatic heterocycles. The Morgan fingerprint density at radius 1 is 1.29 bits per heavy atom. The predicted molar refractivity (Wildman–Crippen MR) is 86.5 cm³/mol. The van der Waals surface area contributed by atoms with Gasteiger partial charge in [-0.2, -0.15) is 0 Å². The molecule has 0 aromatic heterocycles. The van der Waals surface area contributed by atoms with E-state index in [1.807, 2.05) is 6.92 Å². The molecule has 0 spiro atoms. The van der Waals surface area contributed by atoms with E-state index in [1.54, 1.807) is 0 Å². The van der Waals surface area contributed by atoms with E-state index < -0.39 is 10.9 Å². The number of hydrogen-bond donors (Lipinski definition) is 0. The maximum absolute atomic E-state index is 12.7. The number of nitro benzene ring substituents is 1. The highest BCUT2D eigenvalue weighted by molar-refractivity contribution is 5.93. The van der Waals surface area contributed by atoms with E-state index in [-0.39, 0.29) is 46.3 Å². The largest absolute Gasteiger partial charge is 0.461 e. The summed E-state index contributed by atoms with van der Waals surface area (Å²) in [4.78, 5) is 35.0. The van der Waals surface area contributed by atoms with Gasteiger partial charge in [0.05, 0.1) is 16.4 Å². The Morgan fingerprint density at radius 2 is 1.92 bits per heavy atom. The summed E-state index contributed by atoms with van der Waals surface area (Å²) in [5.74, 6) is -0.371. The van der Waals surface area contributed by atoms with E-state index in [4.69, 9.17) is 4.74 Å². The van der Waals surface area contributed by atoms with Gasteiger partial charge in [-0.25, -0.2) is 4.79 Å². The Hall–Kier alpha value is -2.24. The van der Waals surface area contributed by atoms with Gasteiger partial charge in [0.15, 0.2) is 0 Å². The number of nitro groups is 1. The fourth-order valence-electron chi connectivity index (χ4n) is 4.43. The second kappa shape index (κ2) is 5.40. The van der Waals surface area contributed by atoms with Gasteiger partial charge in [-0.1, -0.05) is 20.8 Å². The molecule has 0 amide bonds. The van der Waals surface area contributed by atoms with Crippen molar-refractivity contribution in [3.63, 3.8) is 0 Å². The van der Waals surface area contributed by atoms with E-state index in [1.165, 1.54) is 24.3 Å². The maximum Gasteiger partial charge on any atom is 0.338 e. The minimum atomic E-state index is -0.552. The summed E-state index contributed by atoms with van der Waals surface area (Å²) in [6, 6.07) is 5.27. The zero-order chi connectivity index (χ0) is 17.7. The highest BCUT2D eigenvalue weighted by Crippen LogP contribution is 2.65. The van der Waals surface area contributed by atoms with Crippen molar-refractivity contribution in [3.05, 3.63) is 39.9 Å². The van der Waals surface area contributed by atoms with Crippen LogP contribution in [0.2, 0.25) is 0 Å². The molecule has 2 aliphatic carbocycles. The van der Waals surface area contributed by atoms with Gasteiger partial charge in [-0.3, -0.25) is 14.9 Å². The molecular weight excluding hydrogens is 310 g/mol. The van der Waals surface area contributed by atoms with Gasteiger partial charge >= 0.3 is 5.97 Å². The van der Waals surface area contributed by atoms with Crippen LogP contribution < -0.4 is 0 Å². The van der Waals surface area contributed by atoms with E-state index in [0.29, 0.717) is 0 Å². The maximum atomic E-state index is 12.7. The van der Waals surface area contributed by atoms with E-state index in [0.717, 1.165) is 12.8 Å². The summed E-state index contributed by atoms with van der Waals surface area (Å²) in [7, 11) is 0. The van der Waals surface area contributed by atoms with Crippen LogP contribution in [-0.4, -0.2) is 23.3 Å². The summed E-state index contributed by atoms with van der Waals surface area (Å²) in [5.41, 5.74) is -0.234. The van der Waals surface area contributed by atoms with Gasteiger partial charge in [0.1, 0.15) is 12.4 Å². The first-order valence-corrected chi connectivity index (χ1v) is 8.14. The van der Waals surface area contributed by atoms with Crippen LogP contribution in [0, 0.1) is 32.8 Å². The number of ketones is 1. The molecule has 2 saturated carbocycles. The second-order valence-corrected chi connectivity index (χ2v) is 7.57. The summed E-state index contributed by atoms with van der Waals surface area (Å²) in [6.45, 7) is 6.35. The Morgan fingerprint density at radius 3 is 2.42 bits per heavy atom. The number of carbonyl (C=O) groups is 2. The highest BCUT2D eigenvalue weighted by atomic mass is 16.6. The molecule has 2 bridgehead atoms. The molecule has 3 rings (SSSR count). The van der Waals surface area contributed by atoms with Crippen molar-refractivity contribution in [1.82, 2.24) is 0 Å². The fraction of sp³-hybridized carbons (Fsp3) is 0.556. The molecule has 0 N–H and O–H groups in total. The van der Waals surface area contributed by atoms with Crippen molar-refractivity contribution < 1.29 is 19.2 Å². The van der Waals surface area contributed by atoms with E-state index in [9.17, 15) is 19.7 Å². The lowest BCUT2D eigenvalue weighted by molar-refractivity contribution is -0.384. The molecule has 0 saturated heterocycles. The van der Waals surface area contributed by atoms with Crippen molar-refractivity contribution >= 4 is 17.4 Å². The number of esters is 1. The molecule has 6 heteroatoms. The summed E-state index contributed by atoms with van der Waals surface area (Å²) >= 11 is 0. The van der Waals surface area contributed by atoms with Crippen molar-refractivity contribution in [2.45, 2.75) is 33.6 Å². The van der Waals surface area contributed by atoms with Crippen LogP contribution in [0.5, 0.6) is 0 Å². The van der Waals surface area contributed by atoms with E-state index in [2.05, 4.69) is 13.8 Å². The lowest BCUT2D eigenvalue weighted by Crippen LogP contribution is -2.34. The first-order valence-electron chi connectivity index (χ1n) is 8.14. The third-order valence-electron chi connectivity index (χ3n) is 6.38. The van der Waals surface area contributed by atoms with Crippen LogP contribution in [0.3, 0.4) is 0 Å². The number of non-ortho nitro benzene ring substituents is 1. The molecule has 0 unspecified atom stereocenters. The number of carbonyl (C=O) groups excluding carboxylic acids is 2. The van der Waals surface area contributed by atoms with Gasteiger partial charge in [0.2, 0.25) is 0 Å². The molecular formula is C18H21NO5. The molecule has 1 aromatic carbocycles. The van der Waals surface area contributed by atoms with Crippen molar-refractivity contribution in [2.24, 2.45) is 22.7 Å². The molecule has 128 valence electrons. The number of Topliss-reactive ketones (excluding diaryl/α,β-unsaturated/α-hetero) is 1. The Labute approximate surface area is 140 Å². The smallest absolute Gasteiger partial charge is 0.338 e. The molecule has 6 nitrogen and oxygen atoms in total. The Balaban J connectivity index is 1.67. The molecule has 3 atom stereocenters. The highest BCUT2D eigenvalue weighted by Gasteiger charge is 2.66. The lowest BCUT2D eigenvalue weighted by Gasteiger charge is -2.32. The van der Waals surface area contributed by atoms with Crippen LogP contribution >= 0.6 is 0 Å². The fourth-order valence-corrected chi connectivity index (χ4v) is 4.43. The molecule has 24 heavy (non-hydrogen) atoms. The normalized spacial score (nSPS) is 30.4. The van der Waals surface area contributed by atoms with Crippen molar-refractivity contribution in [2.75, 3.05) is 6.61 Å². The van der Waals surface area contributed by atoms with Gasteiger partial charge in [0.25, 0.3) is 5.69 Å². The standard InChI is InChI=1S/C18H21NO5/c1-17(2)14-8-9-18(17,3)15(20)13(14)10-24-16(21)11-4-6-12(7-5-11)19(22)23/h4-7,13-14H,8-10H2,1-3H3/t13-,14+,18+/m1/s1. The van der Waals surface area contributed by atoms with Gasteiger partial charge in [-0.05, 0) is 36.3 Å². The average Bonchev–Trinajstić information content (AvgIpc) is 2.85. The zero-order valence-corrected chi connectivity index (χ0v) is 14.1. The first kappa shape index (κ1) is 16.6. The minimum Gasteiger partial charge on any atom is -0.461 e. The van der Waals surface area contributed by atoms with Crippen LogP contribution in [0.1, 0.15) is 44.0 Å². The summed E-state index contributed by atoms with van der Waals surface area (Å²) in [6.07, 6.45) is 1.88. The van der Waals surface area contributed by atoms with Crippen LogP contribution in [0.15, 0.2) is 24.3 Å². The molecule has 0 heterocycles. The number of rotatable bonds is 4. The third-order valence-corrected chi connectivity index (χ3v) is 6.38. The average molecular weight is 331 g/mol. The summed E-state index contributed by atoms with van der Waals surface area (Å²) in [5, 5.41) is 10.6. The summed E-state index contributed by atoms with van der Waals surface area (Å²) < 4.78 is 5.34. The Bertz CT molecular complexity index is 709. The van der Waals surface area contributed by atoms with Crippen molar-refractivity contribution in [3.8, 4) is 0 Å². The van der Waals surface area contributed by atoms with Gasteiger partial charge < -0.3 is 4.74 Å². The van der Waals surface area contributed by atoms with Crippen LogP contribution in [0.25, 0.3) is 0 Å². The zero-order valence-electron chi connectivity index (χ0n) is 14.1. The third kappa shape index (κ3) is 2.24. The predicted octanol–water partition coefficient (Wildman–Crippen LogP) is 3.39. The Kier molecular flexibility index (Phi) is 3.73. The topological polar surface area (TPSA) is 86.5 Å². The monoisotopic (exact) mass is 331 g/mol. The van der Waals surface area contributed by atoms with Crippen molar-refractivity contribution in [1.29, 1.82) is 0 Å². The van der Waals surface area contributed by atoms with Gasteiger partial charge in [0, 0.05) is 17.5 Å².